The van der Waals surface area contributed by atoms with Crippen LogP contribution in [0.5, 0.6) is 11.5 Å². The lowest BCUT2D eigenvalue weighted by molar-refractivity contribution is 0.0445. The smallest absolute Gasteiger partial charge is 0.446 e. The number of ether oxygens (including phenoxy) is 2. The van der Waals surface area contributed by atoms with Crippen LogP contribution in [0, 0.1) is 6.92 Å². The zero-order valence-corrected chi connectivity index (χ0v) is 15.5. The number of hydrogen-bond donors (Lipinski definition) is 2. The summed E-state index contributed by atoms with van der Waals surface area (Å²) in [5.74, 6) is -1.32. The largest absolute Gasteiger partial charge is 0.493 e. The number of aryl methyl sites for hydroxylation is 1. The lowest BCUT2D eigenvalue weighted by Gasteiger charge is -2.08. The Morgan fingerprint density at radius 2 is 1.74 bits per heavy atom. The Morgan fingerprint density at radius 1 is 1.07 bits per heavy atom. The standard InChI is InChI=1S/C13H14O12S2/c1-7-12(13(14)22-3-4-23-26(15,16)17)8-5-11(25-27(18,19)20)10(21-2)6-9(8)24-7/h5-6H,3-4H2,1-2H3,(H,15,16,17)(H,18,19,20). The molecule has 27 heavy (non-hydrogen) atoms. The number of fused-ring (bicyclic) bond motifs is 1. The average molecular weight is 426 g/mol. The highest BCUT2D eigenvalue weighted by Crippen LogP contribution is 2.37. The van der Waals surface area contributed by atoms with Gasteiger partial charge in [0.15, 0.2) is 11.5 Å². The summed E-state index contributed by atoms with van der Waals surface area (Å²) >= 11 is 0. The van der Waals surface area contributed by atoms with Crippen molar-refractivity contribution < 1.29 is 53.0 Å². The van der Waals surface area contributed by atoms with Crippen molar-refractivity contribution in [3.05, 3.63) is 23.5 Å². The molecule has 0 saturated carbocycles. The number of carbonyl (C=O) groups is 1. The van der Waals surface area contributed by atoms with E-state index in [4.69, 9.17) is 23.0 Å². The zero-order chi connectivity index (χ0) is 20.4. The second kappa shape index (κ2) is 7.69. The second-order valence-corrected chi connectivity index (χ2v) is 7.04. The third kappa shape index (κ3) is 5.54. The molecular formula is C13H14O12S2. The van der Waals surface area contributed by atoms with Crippen LogP contribution in [-0.2, 0) is 29.7 Å². The Labute approximate surface area is 153 Å². The molecule has 2 N–H and O–H groups in total. The van der Waals surface area contributed by atoms with Crippen molar-refractivity contribution in [2.24, 2.45) is 0 Å². The van der Waals surface area contributed by atoms with Crippen LogP contribution in [0.3, 0.4) is 0 Å². The zero-order valence-electron chi connectivity index (χ0n) is 13.9. The number of rotatable bonds is 8. The topological polar surface area (TPSA) is 176 Å². The molecule has 0 aliphatic heterocycles. The maximum absolute atomic E-state index is 12.2. The Hall–Kier alpha value is -2.39. The minimum absolute atomic E-state index is 0.0876. The van der Waals surface area contributed by atoms with Crippen molar-refractivity contribution in [2.75, 3.05) is 20.3 Å². The summed E-state index contributed by atoms with van der Waals surface area (Å²) in [5.41, 5.74) is 0.0351. The highest BCUT2D eigenvalue weighted by atomic mass is 32.3. The molecule has 0 fully saturated rings. The van der Waals surface area contributed by atoms with Crippen LogP contribution in [0.2, 0.25) is 0 Å². The fourth-order valence-electron chi connectivity index (χ4n) is 2.16. The number of benzene rings is 1. The molecule has 0 bridgehead atoms. The summed E-state index contributed by atoms with van der Waals surface area (Å²) in [4.78, 5) is 12.2. The average Bonchev–Trinajstić information content (AvgIpc) is 2.83. The minimum atomic E-state index is -4.86. The van der Waals surface area contributed by atoms with Gasteiger partial charge in [0.25, 0.3) is 0 Å². The number of esters is 1. The molecule has 14 heteroatoms. The molecular weight excluding hydrogens is 412 g/mol. The molecule has 0 radical (unpaired) electrons. The van der Waals surface area contributed by atoms with E-state index < -0.39 is 45.7 Å². The van der Waals surface area contributed by atoms with Gasteiger partial charge in [0.05, 0.1) is 7.11 Å². The Kier molecular flexibility index (Phi) is 5.96. The Balaban J connectivity index is 2.34. The number of furan rings is 1. The summed E-state index contributed by atoms with van der Waals surface area (Å²) in [6.45, 7) is 0.306. The van der Waals surface area contributed by atoms with Crippen LogP contribution in [0.1, 0.15) is 16.1 Å². The highest BCUT2D eigenvalue weighted by Gasteiger charge is 2.23. The SMILES string of the molecule is COc1cc2oc(C)c(C(=O)OCCOS(=O)(=O)O)c2cc1OS(=O)(=O)O. The van der Waals surface area contributed by atoms with Crippen LogP contribution in [0.25, 0.3) is 11.0 Å². The molecule has 0 atom stereocenters. The minimum Gasteiger partial charge on any atom is -0.493 e. The first-order chi connectivity index (χ1) is 12.4. The fourth-order valence-corrected chi connectivity index (χ4v) is 2.80. The van der Waals surface area contributed by atoms with E-state index in [1.165, 1.54) is 20.1 Å². The molecule has 0 amide bonds. The van der Waals surface area contributed by atoms with Gasteiger partial charge in [0.2, 0.25) is 0 Å². The molecule has 1 aromatic heterocycles. The molecule has 0 aliphatic rings. The van der Waals surface area contributed by atoms with Gasteiger partial charge in [-0.3, -0.25) is 9.11 Å². The van der Waals surface area contributed by atoms with Gasteiger partial charge in [-0.2, -0.15) is 16.8 Å². The fraction of sp³-hybridized carbons (Fsp3) is 0.308. The molecule has 0 saturated heterocycles. The molecule has 2 rings (SSSR count). The van der Waals surface area contributed by atoms with Gasteiger partial charge in [0, 0.05) is 11.5 Å². The quantitative estimate of drug-likeness (QED) is 0.347. The van der Waals surface area contributed by atoms with E-state index in [1.54, 1.807) is 0 Å². The molecule has 0 aliphatic carbocycles. The van der Waals surface area contributed by atoms with Crippen molar-refractivity contribution >= 4 is 37.7 Å². The lowest BCUT2D eigenvalue weighted by atomic mass is 10.1. The van der Waals surface area contributed by atoms with Gasteiger partial charge in [0.1, 0.15) is 30.1 Å². The van der Waals surface area contributed by atoms with Gasteiger partial charge < -0.3 is 18.1 Å². The monoisotopic (exact) mass is 426 g/mol. The number of methoxy groups -OCH3 is 1. The van der Waals surface area contributed by atoms with Gasteiger partial charge in [-0.15, -0.1) is 0 Å². The lowest BCUT2D eigenvalue weighted by Crippen LogP contribution is -2.14. The molecule has 0 spiro atoms. The Bertz CT molecular complexity index is 1060. The summed E-state index contributed by atoms with van der Waals surface area (Å²) in [5, 5.41) is 0.0904. The van der Waals surface area contributed by atoms with Gasteiger partial charge >= 0.3 is 26.8 Å². The normalized spacial score (nSPS) is 12.1. The van der Waals surface area contributed by atoms with Crippen molar-refractivity contribution in [2.45, 2.75) is 6.92 Å². The van der Waals surface area contributed by atoms with E-state index in [0.717, 1.165) is 6.07 Å². The van der Waals surface area contributed by atoms with E-state index in [9.17, 15) is 21.6 Å². The van der Waals surface area contributed by atoms with Crippen molar-refractivity contribution in [1.82, 2.24) is 0 Å². The molecule has 1 aromatic carbocycles. The Morgan fingerprint density at radius 3 is 2.30 bits per heavy atom. The van der Waals surface area contributed by atoms with Crippen molar-refractivity contribution in [3.8, 4) is 11.5 Å². The van der Waals surface area contributed by atoms with Crippen LogP contribution >= 0.6 is 0 Å². The molecule has 12 nitrogen and oxygen atoms in total. The van der Waals surface area contributed by atoms with E-state index in [2.05, 4.69) is 8.37 Å². The highest BCUT2D eigenvalue weighted by molar-refractivity contribution is 7.81. The first-order valence-corrected chi connectivity index (χ1v) is 9.71. The van der Waals surface area contributed by atoms with E-state index in [0.29, 0.717) is 0 Å². The molecule has 2 aromatic rings. The summed E-state index contributed by atoms with van der Waals surface area (Å²) in [6.07, 6.45) is 0. The number of carbonyl (C=O) groups excluding carboxylic acids is 1. The third-order valence-corrected chi connectivity index (χ3v) is 3.95. The molecule has 1 heterocycles. The summed E-state index contributed by atoms with van der Waals surface area (Å²) < 4.78 is 83.6. The van der Waals surface area contributed by atoms with Crippen LogP contribution in [0.15, 0.2) is 16.5 Å². The maximum Gasteiger partial charge on any atom is 0.446 e. The van der Waals surface area contributed by atoms with Crippen molar-refractivity contribution in [3.63, 3.8) is 0 Å². The van der Waals surface area contributed by atoms with E-state index in [1.807, 2.05) is 0 Å². The summed E-state index contributed by atoms with van der Waals surface area (Å²) in [6, 6.07) is 2.32. The van der Waals surface area contributed by atoms with Crippen LogP contribution < -0.4 is 8.92 Å². The summed E-state index contributed by atoms with van der Waals surface area (Å²) in [7, 11) is -8.31. The van der Waals surface area contributed by atoms with Crippen LogP contribution in [-0.4, -0.2) is 52.2 Å². The second-order valence-electron chi connectivity index (χ2n) is 4.93. The number of hydrogen-bond acceptors (Lipinski definition) is 10. The van der Waals surface area contributed by atoms with E-state index in [-0.39, 0.29) is 28.0 Å². The first-order valence-electron chi connectivity index (χ1n) is 6.98. The maximum atomic E-state index is 12.2. The molecule has 0 unspecified atom stereocenters. The third-order valence-electron chi connectivity index (χ3n) is 3.10. The van der Waals surface area contributed by atoms with Gasteiger partial charge in [-0.05, 0) is 13.0 Å². The van der Waals surface area contributed by atoms with Gasteiger partial charge in [-0.25, -0.2) is 8.98 Å². The van der Waals surface area contributed by atoms with E-state index >= 15 is 0 Å². The van der Waals surface area contributed by atoms with Crippen LogP contribution in [0.4, 0.5) is 0 Å². The predicted molar refractivity (Wildman–Crippen MR) is 87.5 cm³/mol. The predicted octanol–water partition coefficient (Wildman–Crippen LogP) is 0.908. The van der Waals surface area contributed by atoms with Crippen molar-refractivity contribution in [1.29, 1.82) is 0 Å². The first kappa shape index (κ1) is 20.9. The molecule has 150 valence electrons. The van der Waals surface area contributed by atoms with Gasteiger partial charge in [-0.1, -0.05) is 0 Å².